The van der Waals surface area contributed by atoms with Crippen LogP contribution in [-0.2, 0) is 13.0 Å². The van der Waals surface area contributed by atoms with Crippen molar-refractivity contribution in [2.45, 2.75) is 19.9 Å². The van der Waals surface area contributed by atoms with Gasteiger partial charge in [0, 0.05) is 48.3 Å². The standard InChI is InChI=1S/C22H22N6O/c1-15-12-20(28-22(27-15)26-13-16-6-9-23-10-7-16)21(29)24-11-8-17-14-25-19-5-3-2-4-18(17)19/h2-7,9-10,12,14,25H,8,11,13H2,1H3,(H,24,29)(H,26,27,28). The molecule has 146 valence electrons. The Hall–Kier alpha value is -3.74. The minimum atomic E-state index is -0.206. The van der Waals surface area contributed by atoms with Crippen molar-refractivity contribution in [3.8, 4) is 0 Å². The van der Waals surface area contributed by atoms with Crippen LogP contribution in [0, 0.1) is 6.92 Å². The Balaban J connectivity index is 1.37. The summed E-state index contributed by atoms with van der Waals surface area (Å²) in [6.45, 7) is 2.94. The molecule has 0 atom stereocenters. The number of anilines is 1. The molecular weight excluding hydrogens is 364 g/mol. The lowest BCUT2D eigenvalue weighted by Gasteiger charge is -2.09. The summed E-state index contributed by atoms with van der Waals surface area (Å²) in [6.07, 6.45) is 6.21. The Kier molecular flexibility index (Phi) is 5.47. The zero-order valence-corrected chi connectivity index (χ0v) is 16.1. The van der Waals surface area contributed by atoms with E-state index in [1.165, 1.54) is 10.9 Å². The fraction of sp³-hybridized carbons (Fsp3) is 0.182. The van der Waals surface area contributed by atoms with Crippen LogP contribution in [0.2, 0.25) is 0 Å². The fourth-order valence-corrected chi connectivity index (χ4v) is 3.19. The SMILES string of the molecule is Cc1cc(C(=O)NCCc2c[nH]c3ccccc23)nc(NCc2ccncc2)n1. The Morgan fingerprint density at radius 3 is 2.79 bits per heavy atom. The van der Waals surface area contributed by atoms with Crippen LogP contribution >= 0.6 is 0 Å². The second-order valence-corrected chi connectivity index (χ2v) is 6.79. The predicted octanol–water partition coefficient (Wildman–Crippen LogP) is 3.25. The highest BCUT2D eigenvalue weighted by Crippen LogP contribution is 2.17. The number of carbonyl (C=O) groups excluding carboxylic acids is 1. The van der Waals surface area contributed by atoms with Crippen molar-refractivity contribution in [3.05, 3.63) is 83.6 Å². The third-order valence-electron chi connectivity index (χ3n) is 4.64. The van der Waals surface area contributed by atoms with E-state index in [-0.39, 0.29) is 5.91 Å². The van der Waals surface area contributed by atoms with Crippen LogP contribution in [0.1, 0.15) is 27.3 Å². The molecule has 0 saturated heterocycles. The van der Waals surface area contributed by atoms with Gasteiger partial charge in [0.05, 0.1) is 0 Å². The largest absolute Gasteiger partial charge is 0.361 e. The number of para-hydroxylation sites is 1. The number of carbonyl (C=O) groups is 1. The highest BCUT2D eigenvalue weighted by molar-refractivity contribution is 5.92. The zero-order valence-electron chi connectivity index (χ0n) is 16.1. The molecule has 0 aliphatic heterocycles. The lowest BCUT2D eigenvalue weighted by Crippen LogP contribution is -2.27. The van der Waals surface area contributed by atoms with E-state index in [2.05, 4.69) is 36.6 Å². The van der Waals surface area contributed by atoms with Gasteiger partial charge in [-0.3, -0.25) is 9.78 Å². The Morgan fingerprint density at radius 2 is 1.93 bits per heavy atom. The number of fused-ring (bicyclic) bond motifs is 1. The molecule has 0 radical (unpaired) electrons. The molecule has 0 saturated carbocycles. The van der Waals surface area contributed by atoms with Crippen LogP contribution in [0.15, 0.2) is 61.1 Å². The molecular formula is C22H22N6O. The lowest BCUT2D eigenvalue weighted by molar-refractivity contribution is 0.0949. The predicted molar refractivity (Wildman–Crippen MR) is 113 cm³/mol. The minimum Gasteiger partial charge on any atom is -0.361 e. The van der Waals surface area contributed by atoms with E-state index in [0.717, 1.165) is 23.2 Å². The molecule has 0 bridgehead atoms. The van der Waals surface area contributed by atoms with E-state index < -0.39 is 0 Å². The molecule has 1 amide bonds. The van der Waals surface area contributed by atoms with Gasteiger partial charge in [-0.1, -0.05) is 18.2 Å². The number of aromatic nitrogens is 4. The van der Waals surface area contributed by atoms with Gasteiger partial charge in [-0.05, 0) is 48.7 Å². The van der Waals surface area contributed by atoms with Crippen molar-refractivity contribution < 1.29 is 4.79 Å². The molecule has 29 heavy (non-hydrogen) atoms. The van der Waals surface area contributed by atoms with Crippen molar-refractivity contribution in [1.29, 1.82) is 0 Å². The molecule has 3 heterocycles. The van der Waals surface area contributed by atoms with E-state index in [0.29, 0.717) is 24.7 Å². The van der Waals surface area contributed by atoms with Gasteiger partial charge in [0.2, 0.25) is 5.95 Å². The summed E-state index contributed by atoms with van der Waals surface area (Å²) in [5.74, 6) is 0.228. The van der Waals surface area contributed by atoms with Crippen LogP contribution in [0.3, 0.4) is 0 Å². The van der Waals surface area contributed by atoms with Crippen LogP contribution in [-0.4, -0.2) is 32.4 Å². The summed E-state index contributed by atoms with van der Waals surface area (Å²) in [4.78, 5) is 28.5. The molecule has 0 spiro atoms. The second kappa shape index (κ2) is 8.52. The first-order valence-corrected chi connectivity index (χ1v) is 9.51. The molecule has 0 fully saturated rings. The molecule has 3 N–H and O–H groups in total. The number of amides is 1. The van der Waals surface area contributed by atoms with Gasteiger partial charge in [-0.15, -0.1) is 0 Å². The maximum absolute atomic E-state index is 12.6. The van der Waals surface area contributed by atoms with Gasteiger partial charge in [-0.25, -0.2) is 9.97 Å². The molecule has 7 nitrogen and oxygen atoms in total. The van der Waals surface area contributed by atoms with E-state index in [1.807, 2.05) is 43.5 Å². The Bertz CT molecular complexity index is 1120. The quantitative estimate of drug-likeness (QED) is 0.453. The van der Waals surface area contributed by atoms with Crippen molar-refractivity contribution in [1.82, 2.24) is 25.3 Å². The first-order valence-electron chi connectivity index (χ1n) is 9.51. The molecule has 0 aliphatic rings. The zero-order chi connectivity index (χ0) is 20.1. The summed E-state index contributed by atoms with van der Waals surface area (Å²) in [7, 11) is 0. The van der Waals surface area contributed by atoms with E-state index >= 15 is 0 Å². The third-order valence-corrected chi connectivity index (χ3v) is 4.64. The number of nitrogens with one attached hydrogen (secondary N) is 3. The average Bonchev–Trinajstić information content (AvgIpc) is 3.16. The number of benzene rings is 1. The van der Waals surface area contributed by atoms with Crippen molar-refractivity contribution >= 4 is 22.8 Å². The van der Waals surface area contributed by atoms with Crippen LogP contribution in [0.5, 0.6) is 0 Å². The number of aryl methyl sites for hydroxylation is 1. The number of pyridine rings is 1. The molecule has 4 rings (SSSR count). The van der Waals surface area contributed by atoms with E-state index in [4.69, 9.17) is 0 Å². The number of hydrogen-bond donors (Lipinski definition) is 3. The van der Waals surface area contributed by atoms with Gasteiger partial charge in [0.15, 0.2) is 0 Å². The molecule has 7 heteroatoms. The lowest BCUT2D eigenvalue weighted by atomic mass is 10.1. The molecule has 1 aromatic carbocycles. The highest BCUT2D eigenvalue weighted by Gasteiger charge is 2.11. The van der Waals surface area contributed by atoms with Gasteiger partial charge in [-0.2, -0.15) is 0 Å². The minimum absolute atomic E-state index is 0.206. The number of H-pyrrole nitrogens is 1. The Morgan fingerprint density at radius 1 is 1.10 bits per heavy atom. The molecule has 0 aliphatic carbocycles. The van der Waals surface area contributed by atoms with E-state index in [9.17, 15) is 4.79 Å². The number of hydrogen-bond acceptors (Lipinski definition) is 5. The van der Waals surface area contributed by atoms with E-state index in [1.54, 1.807) is 18.5 Å². The summed E-state index contributed by atoms with van der Waals surface area (Å²) in [5.41, 5.74) is 4.44. The van der Waals surface area contributed by atoms with Crippen LogP contribution < -0.4 is 10.6 Å². The van der Waals surface area contributed by atoms with Crippen molar-refractivity contribution in [3.63, 3.8) is 0 Å². The smallest absolute Gasteiger partial charge is 0.270 e. The third kappa shape index (κ3) is 4.57. The maximum atomic E-state index is 12.6. The number of nitrogens with zero attached hydrogens (tertiary/aromatic N) is 3. The summed E-state index contributed by atoms with van der Waals surface area (Å²) in [6, 6.07) is 13.7. The van der Waals surface area contributed by atoms with Gasteiger partial charge >= 0.3 is 0 Å². The first-order chi connectivity index (χ1) is 14.2. The van der Waals surface area contributed by atoms with Gasteiger partial charge < -0.3 is 15.6 Å². The Labute approximate surface area is 168 Å². The topological polar surface area (TPSA) is 95.6 Å². The van der Waals surface area contributed by atoms with Crippen LogP contribution in [0.4, 0.5) is 5.95 Å². The van der Waals surface area contributed by atoms with Gasteiger partial charge in [0.25, 0.3) is 5.91 Å². The monoisotopic (exact) mass is 386 g/mol. The van der Waals surface area contributed by atoms with Gasteiger partial charge in [0.1, 0.15) is 5.69 Å². The second-order valence-electron chi connectivity index (χ2n) is 6.79. The molecule has 3 aromatic heterocycles. The molecule has 4 aromatic rings. The fourth-order valence-electron chi connectivity index (χ4n) is 3.19. The summed E-state index contributed by atoms with van der Waals surface area (Å²) < 4.78 is 0. The van der Waals surface area contributed by atoms with Crippen LogP contribution in [0.25, 0.3) is 10.9 Å². The van der Waals surface area contributed by atoms with Crippen molar-refractivity contribution in [2.24, 2.45) is 0 Å². The average molecular weight is 386 g/mol. The normalized spacial score (nSPS) is 10.8. The molecule has 0 unspecified atom stereocenters. The number of rotatable bonds is 7. The number of aromatic amines is 1. The summed E-state index contributed by atoms with van der Waals surface area (Å²) in [5, 5.41) is 7.30. The highest BCUT2D eigenvalue weighted by atomic mass is 16.1. The first kappa shape index (κ1) is 18.6. The maximum Gasteiger partial charge on any atom is 0.270 e. The summed E-state index contributed by atoms with van der Waals surface area (Å²) >= 11 is 0. The van der Waals surface area contributed by atoms with Crippen molar-refractivity contribution in [2.75, 3.05) is 11.9 Å².